The van der Waals surface area contributed by atoms with Crippen molar-refractivity contribution in [1.29, 1.82) is 5.26 Å². The predicted molar refractivity (Wildman–Crippen MR) is 112 cm³/mol. The summed E-state index contributed by atoms with van der Waals surface area (Å²) in [5.74, 6) is 0.968. The van der Waals surface area contributed by atoms with Gasteiger partial charge in [-0.1, -0.05) is 23.2 Å². The van der Waals surface area contributed by atoms with Crippen molar-refractivity contribution in [2.75, 3.05) is 23.9 Å². The van der Waals surface area contributed by atoms with Gasteiger partial charge in [-0.05, 0) is 13.0 Å². The molecule has 11 heteroatoms. The molecule has 5 N–H and O–H groups in total. The standard InChI is InChI=1S/C18H16Cl2N8O/c1-8(28-17-11(4-21)16(22)26-7-27-17)10-3-12(19)14(20)13(15(10)29-2)9-5-24-18(23)25-6-9/h3,5-8H,1-2H3,(H2,23,24,25)(H3,22,26,27,28). The molecule has 29 heavy (non-hydrogen) atoms. The van der Waals surface area contributed by atoms with Crippen molar-refractivity contribution in [3.05, 3.63) is 46.0 Å². The largest absolute Gasteiger partial charge is 0.496 e. The Balaban J connectivity index is 2.11. The second-order valence-corrected chi connectivity index (χ2v) is 6.75. The van der Waals surface area contributed by atoms with Gasteiger partial charge in [0, 0.05) is 29.1 Å². The topological polar surface area (TPSA) is 149 Å². The van der Waals surface area contributed by atoms with E-state index in [4.69, 9.17) is 39.4 Å². The highest BCUT2D eigenvalue weighted by molar-refractivity contribution is 6.44. The summed E-state index contributed by atoms with van der Waals surface area (Å²) < 4.78 is 5.64. The molecule has 0 saturated heterocycles. The molecular weight excluding hydrogens is 415 g/mol. The minimum atomic E-state index is -0.380. The number of nitrogens with zero attached hydrogens (tertiary/aromatic N) is 5. The Hall–Kier alpha value is -3.35. The van der Waals surface area contributed by atoms with Crippen LogP contribution in [0.15, 0.2) is 24.8 Å². The third kappa shape index (κ3) is 3.94. The lowest BCUT2D eigenvalue weighted by Gasteiger charge is -2.22. The molecule has 9 nitrogen and oxygen atoms in total. The van der Waals surface area contributed by atoms with Gasteiger partial charge in [0.15, 0.2) is 0 Å². The fraction of sp³-hybridized carbons (Fsp3) is 0.167. The molecule has 148 valence electrons. The second kappa shape index (κ2) is 8.34. The molecule has 2 aromatic heterocycles. The molecule has 0 aliphatic heterocycles. The van der Waals surface area contributed by atoms with E-state index in [1.165, 1.54) is 25.8 Å². The number of aromatic nitrogens is 4. The van der Waals surface area contributed by atoms with Crippen molar-refractivity contribution in [3.8, 4) is 22.9 Å². The number of halogens is 2. The minimum Gasteiger partial charge on any atom is -0.496 e. The average Bonchev–Trinajstić information content (AvgIpc) is 2.70. The summed E-state index contributed by atoms with van der Waals surface area (Å²) in [6.45, 7) is 1.85. The van der Waals surface area contributed by atoms with Gasteiger partial charge in [0.05, 0.1) is 23.2 Å². The zero-order valence-corrected chi connectivity index (χ0v) is 17.0. The van der Waals surface area contributed by atoms with Gasteiger partial charge in [-0.25, -0.2) is 19.9 Å². The minimum absolute atomic E-state index is 0.0815. The lowest BCUT2D eigenvalue weighted by molar-refractivity contribution is 0.409. The van der Waals surface area contributed by atoms with Crippen LogP contribution in [0.1, 0.15) is 24.1 Å². The number of rotatable bonds is 5. The molecule has 0 fully saturated rings. The summed E-state index contributed by atoms with van der Waals surface area (Å²) in [6.07, 6.45) is 4.33. The molecule has 1 aromatic carbocycles. The van der Waals surface area contributed by atoms with Gasteiger partial charge in [0.25, 0.3) is 0 Å². The first-order valence-electron chi connectivity index (χ1n) is 8.28. The highest BCUT2D eigenvalue weighted by Crippen LogP contribution is 2.45. The first kappa shape index (κ1) is 20.4. The maximum Gasteiger partial charge on any atom is 0.219 e. The third-order valence-electron chi connectivity index (χ3n) is 4.17. The molecule has 0 amide bonds. The van der Waals surface area contributed by atoms with Crippen molar-refractivity contribution in [3.63, 3.8) is 0 Å². The van der Waals surface area contributed by atoms with E-state index < -0.39 is 0 Å². The second-order valence-electron chi connectivity index (χ2n) is 5.96. The number of benzene rings is 1. The molecule has 1 unspecified atom stereocenters. The summed E-state index contributed by atoms with van der Waals surface area (Å²) in [4.78, 5) is 15.9. The number of ether oxygens (including phenoxy) is 1. The maximum absolute atomic E-state index is 9.34. The van der Waals surface area contributed by atoms with Crippen LogP contribution < -0.4 is 21.5 Å². The van der Waals surface area contributed by atoms with Crippen molar-refractivity contribution in [2.24, 2.45) is 0 Å². The molecular formula is C18H16Cl2N8O. The fourth-order valence-electron chi connectivity index (χ4n) is 2.80. The summed E-state index contributed by atoms with van der Waals surface area (Å²) >= 11 is 12.8. The number of nitriles is 1. The number of hydrogen-bond donors (Lipinski definition) is 3. The van der Waals surface area contributed by atoms with Crippen molar-refractivity contribution >= 4 is 40.8 Å². The van der Waals surface area contributed by atoms with E-state index in [2.05, 4.69) is 25.3 Å². The molecule has 0 aliphatic rings. The van der Waals surface area contributed by atoms with Crippen molar-refractivity contribution in [1.82, 2.24) is 19.9 Å². The van der Waals surface area contributed by atoms with Gasteiger partial charge in [0.2, 0.25) is 5.95 Å². The molecule has 0 spiro atoms. The van der Waals surface area contributed by atoms with Crippen LogP contribution in [0.3, 0.4) is 0 Å². The Morgan fingerprint density at radius 3 is 2.48 bits per heavy atom. The normalized spacial score (nSPS) is 11.6. The van der Waals surface area contributed by atoms with Crippen LogP contribution in [0, 0.1) is 11.3 Å². The van der Waals surface area contributed by atoms with Gasteiger partial charge in [-0.15, -0.1) is 0 Å². The molecule has 0 bridgehead atoms. The number of hydrogen-bond acceptors (Lipinski definition) is 9. The summed E-state index contributed by atoms with van der Waals surface area (Å²) in [7, 11) is 1.51. The van der Waals surface area contributed by atoms with Crippen LogP contribution in [0.5, 0.6) is 5.75 Å². The third-order valence-corrected chi connectivity index (χ3v) is 4.96. The fourth-order valence-corrected chi connectivity index (χ4v) is 3.26. The molecule has 1 atom stereocenters. The number of anilines is 3. The highest BCUT2D eigenvalue weighted by atomic mass is 35.5. The Labute approximate surface area is 176 Å². The SMILES string of the molecule is COc1c(C(C)Nc2ncnc(N)c2C#N)cc(Cl)c(Cl)c1-c1cnc(N)nc1. The zero-order chi connectivity index (χ0) is 21.1. The van der Waals surface area contributed by atoms with Gasteiger partial charge in [0.1, 0.15) is 35.3 Å². The Morgan fingerprint density at radius 2 is 1.86 bits per heavy atom. The monoisotopic (exact) mass is 430 g/mol. The highest BCUT2D eigenvalue weighted by Gasteiger charge is 2.23. The molecule has 0 radical (unpaired) electrons. The van der Waals surface area contributed by atoms with E-state index in [-0.39, 0.29) is 34.2 Å². The van der Waals surface area contributed by atoms with Crippen molar-refractivity contribution < 1.29 is 4.74 Å². The number of methoxy groups -OCH3 is 1. The smallest absolute Gasteiger partial charge is 0.219 e. The van der Waals surface area contributed by atoms with E-state index in [9.17, 15) is 5.26 Å². The first-order valence-corrected chi connectivity index (χ1v) is 9.03. The van der Waals surface area contributed by atoms with E-state index in [0.29, 0.717) is 27.5 Å². The van der Waals surface area contributed by atoms with Crippen LogP contribution in [-0.4, -0.2) is 27.0 Å². The maximum atomic E-state index is 9.34. The Kier molecular flexibility index (Phi) is 5.87. The lowest BCUT2D eigenvalue weighted by atomic mass is 9.99. The molecule has 0 saturated carbocycles. The van der Waals surface area contributed by atoms with Crippen molar-refractivity contribution in [2.45, 2.75) is 13.0 Å². The van der Waals surface area contributed by atoms with E-state index in [1.54, 1.807) is 6.07 Å². The molecule has 3 rings (SSSR count). The lowest BCUT2D eigenvalue weighted by Crippen LogP contribution is -2.13. The first-order chi connectivity index (χ1) is 13.9. The van der Waals surface area contributed by atoms with Gasteiger partial charge in [-0.2, -0.15) is 5.26 Å². The van der Waals surface area contributed by atoms with Gasteiger partial charge >= 0.3 is 0 Å². The van der Waals surface area contributed by atoms with Crippen LogP contribution in [0.25, 0.3) is 11.1 Å². The number of nitrogens with one attached hydrogen (secondary N) is 1. The Morgan fingerprint density at radius 1 is 1.17 bits per heavy atom. The van der Waals surface area contributed by atoms with E-state index in [0.717, 1.165) is 0 Å². The van der Waals surface area contributed by atoms with Crippen LogP contribution in [0.4, 0.5) is 17.6 Å². The zero-order valence-electron chi connectivity index (χ0n) is 15.4. The molecule has 2 heterocycles. The Bertz CT molecular complexity index is 1100. The molecule has 0 aliphatic carbocycles. The van der Waals surface area contributed by atoms with Crippen LogP contribution >= 0.6 is 23.2 Å². The van der Waals surface area contributed by atoms with E-state index in [1.807, 2.05) is 13.0 Å². The molecule has 3 aromatic rings. The van der Waals surface area contributed by atoms with Gasteiger partial charge < -0.3 is 21.5 Å². The van der Waals surface area contributed by atoms with Crippen LogP contribution in [0.2, 0.25) is 10.0 Å². The van der Waals surface area contributed by atoms with E-state index >= 15 is 0 Å². The predicted octanol–water partition coefficient (Wildman–Crippen LogP) is 3.46. The van der Waals surface area contributed by atoms with Gasteiger partial charge in [-0.3, -0.25) is 0 Å². The van der Waals surface area contributed by atoms with Crippen LogP contribution in [-0.2, 0) is 0 Å². The number of nitrogen functional groups attached to an aromatic ring is 2. The summed E-state index contributed by atoms with van der Waals surface area (Å²) in [5.41, 5.74) is 13.3. The average molecular weight is 431 g/mol. The summed E-state index contributed by atoms with van der Waals surface area (Å²) in [6, 6.07) is 3.29. The number of nitrogens with two attached hydrogens (primary N) is 2. The summed E-state index contributed by atoms with van der Waals surface area (Å²) in [5, 5.41) is 13.1. The quantitative estimate of drug-likeness (QED) is 0.552.